The van der Waals surface area contributed by atoms with Crippen molar-refractivity contribution in [1.29, 1.82) is 0 Å². The number of morpholine rings is 1. The van der Waals surface area contributed by atoms with Crippen molar-refractivity contribution in [3.63, 3.8) is 0 Å². The molecule has 3 aliphatic heterocycles. The first-order valence-electron chi connectivity index (χ1n) is 14.3. The van der Waals surface area contributed by atoms with Crippen LogP contribution in [0, 0.1) is 5.82 Å². The van der Waals surface area contributed by atoms with E-state index < -0.39 is 5.82 Å². The van der Waals surface area contributed by atoms with E-state index in [1.54, 1.807) is 0 Å². The smallest absolute Gasteiger partial charge is 0.319 e. The second-order valence-corrected chi connectivity index (χ2v) is 11.4. The summed E-state index contributed by atoms with van der Waals surface area (Å²) in [6, 6.07) is 16.7. The van der Waals surface area contributed by atoms with Crippen molar-refractivity contribution < 1.29 is 13.9 Å². The van der Waals surface area contributed by atoms with Gasteiger partial charge in [0.1, 0.15) is 11.3 Å². The van der Waals surface area contributed by atoms with Crippen molar-refractivity contribution in [1.82, 2.24) is 20.2 Å². The number of rotatable bonds is 7. The summed E-state index contributed by atoms with van der Waals surface area (Å²) in [5.41, 5.74) is 1.34. The quantitative estimate of drug-likeness (QED) is 0.308. The number of piperazine rings is 1. The van der Waals surface area contributed by atoms with Gasteiger partial charge >= 0.3 is 6.01 Å². The van der Waals surface area contributed by atoms with E-state index in [9.17, 15) is 0 Å². The lowest BCUT2D eigenvalue weighted by molar-refractivity contribution is 0.0356. The van der Waals surface area contributed by atoms with Crippen LogP contribution in [0.5, 0.6) is 6.01 Å². The minimum absolute atomic E-state index is 0.209. The highest BCUT2D eigenvalue weighted by Gasteiger charge is 2.34. The third-order valence-corrected chi connectivity index (χ3v) is 8.67. The van der Waals surface area contributed by atoms with Gasteiger partial charge in [-0.05, 0) is 41.7 Å². The van der Waals surface area contributed by atoms with Crippen LogP contribution >= 0.6 is 11.6 Å². The van der Waals surface area contributed by atoms with Crippen LogP contribution in [0.4, 0.5) is 10.2 Å². The largest absolute Gasteiger partial charge is 0.463 e. The van der Waals surface area contributed by atoms with Gasteiger partial charge in [0.25, 0.3) is 0 Å². The van der Waals surface area contributed by atoms with Crippen LogP contribution in [-0.4, -0.2) is 79.5 Å². The number of hydrogen-bond acceptors (Lipinski definition) is 7. The van der Waals surface area contributed by atoms with Crippen LogP contribution in [0.2, 0.25) is 5.02 Å². The molecule has 2 unspecified atom stereocenters. The van der Waals surface area contributed by atoms with Crippen molar-refractivity contribution in [2.24, 2.45) is 0 Å². The average Bonchev–Trinajstić information content (AvgIpc) is 3.33. The van der Waals surface area contributed by atoms with Gasteiger partial charge < -0.3 is 19.7 Å². The zero-order chi connectivity index (χ0) is 27.1. The molecule has 4 aromatic rings. The fourth-order valence-corrected chi connectivity index (χ4v) is 6.70. The molecule has 9 heteroatoms. The van der Waals surface area contributed by atoms with E-state index in [-0.39, 0.29) is 11.5 Å². The predicted molar refractivity (Wildman–Crippen MR) is 157 cm³/mol. The molecule has 7 nitrogen and oxygen atoms in total. The fraction of sp³-hybridized carbons (Fsp3) is 0.419. The first-order chi connectivity index (χ1) is 19.6. The maximum absolute atomic E-state index is 16.6. The lowest BCUT2D eigenvalue weighted by Gasteiger charge is -2.34. The Bertz CT molecular complexity index is 1530. The number of benzene rings is 3. The molecule has 3 saturated heterocycles. The molecule has 3 fully saturated rings. The van der Waals surface area contributed by atoms with E-state index in [0.717, 1.165) is 81.5 Å². The van der Waals surface area contributed by atoms with Crippen molar-refractivity contribution in [2.75, 3.05) is 57.4 Å². The molecule has 3 aliphatic rings. The monoisotopic (exact) mass is 561 g/mol. The number of nitrogens with one attached hydrogen (secondary N) is 1. The van der Waals surface area contributed by atoms with E-state index >= 15 is 4.39 Å². The molecular formula is C31H33ClFN5O2. The lowest BCUT2D eigenvalue weighted by Crippen LogP contribution is -2.51. The second kappa shape index (κ2) is 11.1. The van der Waals surface area contributed by atoms with Gasteiger partial charge in [-0.25, -0.2) is 4.39 Å². The number of hydrogen-bond donors (Lipinski definition) is 1. The number of anilines is 1. The molecule has 1 N–H and O–H groups in total. The molecule has 40 heavy (non-hydrogen) atoms. The molecule has 0 aliphatic carbocycles. The number of nitrogens with zero attached hydrogens (tertiary/aromatic N) is 4. The van der Waals surface area contributed by atoms with Crippen molar-refractivity contribution in [3.05, 3.63) is 59.4 Å². The highest BCUT2D eigenvalue weighted by Crippen LogP contribution is 2.41. The molecule has 4 heterocycles. The summed E-state index contributed by atoms with van der Waals surface area (Å²) in [5, 5.41) is 6.61. The fourth-order valence-electron chi connectivity index (χ4n) is 6.40. The molecule has 3 aromatic carbocycles. The van der Waals surface area contributed by atoms with Crippen molar-refractivity contribution in [3.8, 4) is 17.1 Å². The zero-order valence-electron chi connectivity index (χ0n) is 22.4. The number of fused-ring (bicyclic) bond motifs is 4. The molecule has 0 saturated carbocycles. The Kier molecular flexibility index (Phi) is 7.18. The van der Waals surface area contributed by atoms with Crippen LogP contribution in [0.15, 0.2) is 48.5 Å². The first-order valence-corrected chi connectivity index (χ1v) is 14.6. The normalized spacial score (nSPS) is 21.4. The van der Waals surface area contributed by atoms with Crippen molar-refractivity contribution in [2.45, 2.75) is 31.3 Å². The van der Waals surface area contributed by atoms with E-state index in [4.69, 9.17) is 26.1 Å². The summed E-state index contributed by atoms with van der Waals surface area (Å²) in [7, 11) is 0. The van der Waals surface area contributed by atoms with Crippen LogP contribution in [0.3, 0.4) is 0 Å². The van der Waals surface area contributed by atoms with Crippen LogP contribution in [-0.2, 0) is 4.74 Å². The van der Waals surface area contributed by atoms with Crippen LogP contribution in [0.25, 0.3) is 32.8 Å². The molecule has 7 rings (SSSR count). The van der Waals surface area contributed by atoms with Gasteiger partial charge in [-0.1, -0.05) is 54.1 Å². The Balaban J connectivity index is 1.28. The lowest BCUT2D eigenvalue weighted by atomic mass is 9.96. The number of ether oxygens (including phenoxy) is 2. The average molecular weight is 562 g/mol. The van der Waals surface area contributed by atoms with E-state index in [0.29, 0.717) is 40.5 Å². The van der Waals surface area contributed by atoms with Crippen molar-refractivity contribution >= 4 is 39.1 Å². The molecule has 0 amide bonds. The maximum atomic E-state index is 16.6. The molecule has 208 valence electrons. The van der Waals surface area contributed by atoms with Gasteiger partial charge in [0, 0.05) is 55.8 Å². The Morgan fingerprint density at radius 3 is 2.60 bits per heavy atom. The Morgan fingerprint density at radius 1 is 1.00 bits per heavy atom. The third kappa shape index (κ3) is 4.98. The number of halogens is 2. The highest BCUT2D eigenvalue weighted by molar-refractivity contribution is 6.35. The maximum Gasteiger partial charge on any atom is 0.319 e. The van der Waals surface area contributed by atoms with Gasteiger partial charge in [-0.15, -0.1) is 0 Å². The Hall–Kier alpha value is -3.04. The minimum Gasteiger partial charge on any atom is -0.463 e. The van der Waals surface area contributed by atoms with E-state index in [1.165, 1.54) is 0 Å². The standard InChI is InChI=1S/C31H33ClFN5O2/c32-26-17-25-29(28(33)27(26)24-8-3-6-20-5-1-2-7-23(20)24)35-31(40-14-4-11-37-12-15-39-16-13-37)36-30(25)38-18-21-9-10-22(19-38)34-21/h1-3,5-8,17,21-22,34H,4,9-16,18-19H2. The summed E-state index contributed by atoms with van der Waals surface area (Å²) in [4.78, 5) is 14.1. The molecule has 0 spiro atoms. The topological polar surface area (TPSA) is 62.8 Å². The molecular weight excluding hydrogens is 529 g/mol. The summed E-state index contributed by atoms with van der Waals surface area (Å²) >= 11 is 6.87. The zero-order valence-corrected chi connectivity index (χ0v) is 23.2. The molecule has 0 radical (unpaired) electrons. The van der Waals surface area contributed by atoms with Crippen LogP contribution < -0.4 is 15.0 Å². The van der Waals surface area contributed by atoms with Gasteiger partial charge in [-0.3, -0.25) is 4.90 Å². The molecule has 2 atom stereocenters. The van der Waals surface area contributed by atoms with Gasteiger partial charge in [0.2, 0.25) is 0 Å². The molecule has 2 bridgehead atoms. The van der Waals surface area contributed by atoms with Crippen LogP contribution in [0.1, 0.15) is 19.3 Å². The Morgan fingerprint density at radius 2 is 1.77 bits per heavy atom. The third-order valence-electron chi connectivity index (χ3n) is 8.37. The molecule has 1 aromatic heterocycles. The summed E-state index contributed by atoms with van der Waals surface area (Å²) in [6.07, 6.45) is 3.10. The van der Waals surface area contributed by atoms with Gasteiger partial charge in [0.15, 0.2) is 5.82 Å². The second-order valence-electron chi connectivity index (χ2n) is 11.0. The minimum atomic E-state index is -0.446. The first kappa shape index (κ1) is 25.9. The summed E-state index contributed by atoms with van der Waals surface area (Å²) in [5.74, 6) is 0.246. The summed E-state index contributed by atoms with van der Waals surface area (Å²) in [6.45, 7) is 6.40. The Labute approximate surface area is 238 Å². The summed E-state index contributed by atoms with van der Waals surface area (Å²) < 4.78 is 28.1. The predicted octanol–water partition coefficient (Wildman–Crippen LogP) is 5.28. The van der Waals surface area contributed by atoms with Gasteiger partial charge in [-0.2, -0.15) is 9.97 Å². The number of aromatic nitrogens is 2. The van der Waals surface area contributed by atoms with Gasteiger partial charge in [0.05, 0.1) is 24.8 Å². The van der Waals surface area contributed by atoms with E-state index in [2.05, 4.69) is 20.1 Å². The van der Waals surface area contributed by atoms with E-state index in [1.807, 2.05) is 48.5 Å². The highest BCUT2D eigenvalue weighted by atomic mass is 35.5. The SMILES string of the molecule is Fc1c(-c2cccc3ccccc23)c(Cl)cc2c(N3CC4CCC(C3)N4)nc(OCCCN3CCOCC3)nc12.